The van der Waals surface area contributed by atoms with Gasteiger partial charge in [0.2, 0.25) is 0 Å². The first-order valence-corrected chi connectivity index (χ1v) is 5.33. The lowest BCUT2D eigenvalue weighted by atomic mass is 9.93. The van der Waals surface area contributed by atoms with Crippen molar-refractivity contribution in [3.63, 3.8) is 0 Å². The van der Waals surface area contributed by atoms with E-state index in [1.807, 2.05) is 5.38 Å². The lowest BCUT2D eigenvalue weighted by molar-refractivity contribution is -0.139. The molecule has 0 aliphatic carbocycles. The molecule has 0 aliphatic heterocycles. The Labute approximate surface area is 88.1 Å². The lowest BCUT2D eigenvalue weighted by Crippen LogP contribution is -2.12. The van der Waals surface area contributed by atoms with Gasteiger partial charge in [0.25, 0.3) is 0 Å². The summed E-state index contributed by atoms with van der Waals surface area (Å²) in [5.74, 6) is -0.236. The van der Waals surface area contributed by atoms with Gasteiger partial charge in [-0.25, -0.2) is 4.98 Å². The van der Waals surface area contributed by atoms with Crippen LogP contribution in [0.2, 0.25) is 0 Å². The molecule has 78 valence electrons. The molecule has 1 heterocycles. The molecule has 0 unspecified atom stereocenters. The monoisotopic (exact) mass is 213 g/mol. The van der Waals surface area contributed by atoms with E-state index >= 15 is 0 Å². The minimum Gasteiger partial charge on any atom is -0.469 e. The fourth-order valence-electron chi connectivity index (χ4n) is 0.932. The predicted molar refractivity (Wildman–Crippen MR) is 56.5 cm³/mol. The van der Waals surface area contributed by atoms with Crippen LogP contribution in [0.5, 0.6) is 0 Å². The standard InChI is InChI=1S/C10H15NO2S/c1-10(2,3)7-6-14-8(11-7)5-9(12)13-4/h6H,5H2,1-4H3. The number of hydrogen-bond acceptors (Lipinski definition) is 4. The van der Waals surface area contributed by atoms with Gasteiger partial charge in [-0.05, 0) is 0 Å². The third kappa shape index (κ3) is 2.80. The second kappa shape index (κ2) is 4.09. The van der Waals surface area contributed by atoms with Gasteiger partial charge in [-0.1, -0.05) is 20.8 Å². The van der Waals surface area contributed by atoms with Crippen molar-refractivity contribution >= 4 is 17.3 Å². The van der Waals surface area contributed by atoms with Crippen LogP contribution in [0, 0.1) is 0 Å². The summed E-state index contributed by atoms with van der Waals surface area (Å²) in [6, 6.07) is 0. The van der Waals surface area contributed by atoms with Crippen molar-refractivity contribution in [2.75, 3.05) is 7.11 Å². The molecule has 0 saturated carbocycles. The quantitative estimate of drug-likeness (QED) is 0.707. The summed E-state index contributed by atoms with van der Waals surface area (Å²) in [6.45, 7) is 6.30. The molecular weight excluding hydrogens is 198 g/mol. The number of thiazole rings is 1. The molecule has 14 heavy (non-hydrogen) atoms. The van der Waals surface area contributed by atoms with E-state index in [0.29, 0.717) is 0 Å². The van der Waals surface area contributed by atoms with Crippen LogP contribution in [0.1, 0.15) is 31.5 Å². The highest BCUT2D eigenvalue weighted by atomic mass is 32.1. The molecule has 1 aromatic heterocycles. The Hall–Kier alpha value is -0.900. The van der Waals surface area contributed by atoms with Gasteiger partial charge in [0.1, 0.15) is 5.01 Å². The highest BCUT2D eigenvalue weighted by molar-refractivity contribution is 7.09. The van der Waals surface area contributed by atoms with Gasteiger partial charge in [0.05, 0.1) is 19.2 Å². The molecule has 0 atom stereocenters. The summed E-state index contributed by atoms with van der Waals surface area (Å²) in [6.07, 6.45) is 0.275. The molecule has 0 saturated heterocycles. The average molecular weight is 213 g/mol. The topological polar surface area (TPSA) is 39.2 Å². The van der Waals surface area contributed by atoms with Gasteiger partial charge in [-0.2, -0.15) is 0 Å². The second-order valence-corrected chi connectivity index (χ2v) is 5.07. The Kier molecular flexibility index (Phi) is 3.26. The SMILES string of the molecule is COC(=O)Cc1nc(C(C)(C)C)cs1. The second-order valence-electron chi connectivity index (χ2n) is 4.13. The van der Waals surface area contributed by atoms with E-state index in [-0.39, 0.29) is 17.8 Å². The summed E-state index contributed by atoms with van der Waals surface area (Å²) in [4.78, 5) is 15.4. The zero-order chi connectivity index (χ0) is 10.8. The predicted octanol–water partition coefficient (Wildman–Crippen LogP) is 2.16. The number of aromatic nitrogens is 1. The number of hydrogen-bond donors (Lipinski definition) is 0. The van der Waals surface area contributed by atoms with Crippen molar-refractivity contribution in [3.05, 3.63) is 16.1 Å². The fourth-order valence-corrected chi connectivity index (χ4v) is 1.94. The van der Waals surface area contributed by atoms with E-state index < -0.39 is 0 Å². The zero-order valence-corrected chi connectivity index (χ0v) is 9.77. The molecule has 0 amide bonds. The molecule has 1 rings (SSSR count). The van der Waals surface area contributed by atoms with E-state index in [1.54, 1.807) is 0 Å². The van der Waals surface area contributed by atoms with Crippen LogP contribution < -0.4 is 0 Å². The van der Waals surface area contributed by atoms with Crippen molar-refractivity contribution in [3.8, 4) is 0 Å². The van der Waals surface area contributed by atoms with Gasteiger partial charge in [0, 0.05) is 10.8 Å². The maximum absolute atomic E-state index is 11.0. The molecule has 3 nitrogen and oxygen atoms in total. The highest BCUT2D eigenvalue weighted by Crippen LogP contribution is 2.24. The Bertz CT molecular complexity index is 325. The average Bonchev–Trinajstić information content (AvgIpc) is 2.51. The van der Waals surface area contributed by atoms with Gasteiger partial charge in [-0.3, -0.25) is 4.79 Å². The van der Waals surface area contributed by atoms with E-state index in [2.05, 4.69) is 30.5 Å². The van der Waals surface area contributed by atoms with Crippen molar-refractivity contribution < 1.29 is 9.53 Å². The van der Waals surface area contributed by atoms with Crippen molar-refractivity contribution in [1.82, 2.24) is 4.98 Å². The van der Waals surface area contributed by atoms with E-state index in [1.165, 1.54) is 18.4 Å². The van der Waals surface area contributed by atoms with Crippen molar-refractivity contribution in [2.24, 2.45) is 0 Å². The number of ether oxygens (including phenoxy) is 1. The molecule has 0 aromatic carbocycles. The molecule has 4 heteroatoms. The molecule has 0 N–H and O–H groups in total. The third-order valence-corrected chi connectivity index (χ3v) is 2.69. The Morgan fingerprint density at radius 3 is 2.64 bits per heavy atom. The number of nitrogens with zero attached hydrogens (tertiary/aromatic N) is 1. The minimum absolute atomic E-state index is 0.0465. The molecule has 0 aliphatic rings. The van der Waals surface area contributed by atoms with Crippen molar-refractivity contribution in [1.29, 1.82) is 0 Å². The lowest BCUT2D eigenvalue weighted by Gasteiger charge is -2.14. The van der Waals surface area contributed by atoms with Crippen LogP contribution >= 0.6 is 11.3 Å². The summed E-state index contributed by atoms with van der Waals surface area (Å²) >= 11 is 1.51. The molecule has 0 spiro atoms. The smallest absolute Gasteiger partial charge is 0.312 e. The van der Waals surface area contributed by atoms with Gasteiger partial charge < -0.3 is 4.74 Å². The third-order valence-electron chi connectivity index (χ3n) is 1.84. The molecule has 0 radical (unpaired) electrons. The highest BCUT2D eigenvalue weighted by Gasteiger charge is 2.18. The van der Waals surface area contributed by atoms with Crippen LogP contribution in [0.15, 0.2) is 5.38 Å². The largest absolute Gasteiger partial charge is 0.469 e. The van der Waals surface area contributed by atoms with Crippen LogP contribution in [-0.4, -0.2) is 18.1 Å². The molecular formula is C10H15NO2S. The molecule has 1 aromatic rings. The van der Waals surface area contributed by atoms with Crippen LogP contribution in [-0.2, 0) is 21.4 Å². The fraction of sp³-hybridized carbons (Fsp3) is 0.600. The van der Waals surface area contributed by atoms with E-state index in [4.69, 9.17) is 0 Å². The van der Waals surface area contributed by atoms with Crippen LogP contribution in [0.25, 0.3) is 0 Å². The van der Waals surface area contributed by atoms with Gasteiger partial charge >= 0.3 is 5.97 Å². The van der Waals surface area contributed by atoms with Crippen molar-refractivity contribution in [2.45, 2.75) is 32.6 Å². The number of esters is 1. The van der Waals surface area contributed by atoms with E-state index in [9.17, 15) is 4.79 Å². The first kappa shape index (κ1) is 11.2. The number of rotatable bonds is 2. The summed E-state index contributed by atoms with van der Waals surface area (Å²) in [7, 11) is 1.39. The molecule has 0 fully saturated rings. The Morgan fingerprint density at radius 1 is 1.57 bits per heavy atom. The van der Waals surface area contributed by atoms with E-state index in [0.717, 1.165) is 10.7 Å². The maximum atomic E-state index is 11.0. The summed E-state index contributed by atoms with van der Waals surface area (Å²) in [5.41, 5.74) is 1.08. The summed E-state index contributed by atoms with van der Waals surface area (Å²) < 4.78 is 4.58. The Morgan fingerprint density at radius 2 is 2.21 bits per heavy atom. The first-order chi connectivity index (χ1) is 6.43. The zero-order valence-electron chi connectivity index (χ0n) is 8.96. The van der Waals surface area contributed by atoms with Gasteiger partial charge in [0.15, 0.2) is 0 Å². The number of carbonyl (C=O) groups is 1. The molecule has 0 bridgehead atoms. The maximum Gasteiger partial charge on any atom is 0.312 e. The van der Waals surface area contributed by atoms with Crippen LogP contribution in [0.3, 0.4) is 0 Å². The van der Waals surface area contributed by atoms with Crippen LogP contribution in [0.4, 0.5) is 0 Å². The first-order valence-electron chi connectivity index (χ1n) is 4.45. The normalized spacial score (nSPS) is 11.4. The van der Waals surface area contributed by atoms with Gasteiger partial charge in [-0.15, -0.1) is 11.3 Å². The Balaban J connectivity index is 2.74. The number of methoxy groups -OCH3 is 1. The minimum atomic E-state index is -0.236. The number of carbonyl (C=O) groups excluding carboxylic acids is 1. The summed E-state index contributed by atoms with van der Waals surface area (Å²) in [5, 5.41) is 2.82.